The van der Waals surface area contributed by atoms with Gasteiger partial charge in [-0.1, -0.05) is 0 Å². The number of Topliss-reactive ketones (excluding diaryl/α,β-unsaturated/α-hetero) is 2. The molecule has 28 heavy (non-hydrogen) atoms. The van der Waals surface area contributed by atoms with Crippen LogP contribution in [0.5, 0.6) is 11.5 Å². The third-order valence-electron chi connectivity index (χ3n) is 4.63. The quantitative estimate of drug-likeness (QED) is 0.359. The van der Waals surface area contributed by atoms with E-state index in [1.807, 2.05) is 0 Å². The van der Waals surface area contributed by atoms with Crippen LogP contribution in [0.1, 0.15) is 43.0 Å². The van der Waals surface area contributed by atoms with Crippen LogP contribution in [0.2, 0.25) is 0 Å². The van der Waals surface area contributed by atoms with Crippen molar-refractivity contribution in [3.63, 3.8) is 0 Å². The Morgan fingerprint density at radius 2 is 1.86 bits per heavy atom. The van der Waals surface area contributed by atoms with E-state index in [0.717, 1.165) is 0 Å². The largest absolute Gasteiger partial charge is 0.497 e. The topological polar surface area (TPSA) is 99.2 Å². The molecular formula is C20H25NO7. The molecule has 0 radical (unpaired) electrons. The van der Waals surface area contributed by atoms with Gasteiger partial charge in [-0.25, -0.2) is 4.79 Å². The predicted octanol–water partition coefficient (Wildman–Crippen LogP) is 1.79. The van der Waals surface area contributed by atoms with Gasteiger partial charge in [0.25, 0.3) is 5.78 Å². The Morgan fingerprint density at radius 3 is 2.50 bits per heavy atom. The first-order valence-electron chi connectivity index (χ1n) is 9.18. The smallest absolute Gasteiger partial charge is 0.376 e. The zero-order valence-corrected chi connectivity index (χ0v) is 16.4. The van der Waals surface area contributed by atoms with Crippen LogP contribution in [-0.4, -0.2) is 61.8 Å². The van der Waals surface area contributed by atoms with Crippen LogP contribution < -0.4 is 9.47 Å². The fourth-order valence-corrected chi connectivity index (χ4v) is 3.21. The first-order valence-corrected chi connectivity index (χ1v) is 9.18. The van der Waals surface area contributed by atoms with Crippen molar-refractivity contribution in [2.24, 2.45) is 0 Å². The second-order valence-corrected chi connectivity index (χ2v) is 6.32. The zero-order chi connectivity index (χ0) is 20.7. The van der Waals surface area contributed by atoms with Crippen molar-refractivity contribution in [2.45, 2.75) is 38.6 Å². The first-order chi connectivity index (χ1) is 13.4. The van der Waals surface area contributed by atoms with Gasteiger partial charge in [-0.3, -0.25) is 14.4 Å². The standard InChI is InChI=1S/C20H25NO7/c1-4-28-20(25)19(24)15-6-5-11-21(15)18(23)10-8-16(22)14-12-13(26-2)7-9-17(14)27-3/h7,9,12,15H,4-6,8,10-11H2,1-3H3. The number of carbonyl (C=O) groups is 4. The van der Waals surface area contributed by atoms with E-state index >= 15 is 0 Å². The number of hydrogen-bond acceptors (Lipinski definition) is 7. The van der Waals surface area contributed by atoms with Crippen LogP contribution in [0.15, 0.2) is 18.2 Å². The highest BCUT2D eigenvalue weighted by molar-refractivity contribution is 6.36. The summed E-state index contributed by atoms with van der Waals surface area (Å²) in [4.78, 5) is 50.4. The molecule has 8 nitrogen and oxygen atoms in total. The van der Waals surface area contributed by atoms with Gasteiger partial charge in [-0.15, -0.1) is 0 Å². The van der Waals surface area contributed by atoms with Crippen LogP contribution in [0.4, 0.5) is 0 Å². The zero-order valence-electron chi connectivity index (χ0n) is 16.4. The fraction of sp³-hybridized carbons (Fsp3) is 0.500. The number of amides is 1. The average Bonchev–Trinajstić information content (AvgIpc) is 3.20. The van der Waals surface area contributed by atoms with Crippen molar-refractivity contribution in [2.75, 3.05) is 27.4 Å². The molecular weight excluding hydrogens is 366 g/mol. The molecule has 1 aliphatic heterocycles. The van der Waals surface area contributed by atoms with Gasteiger partial charge in [0.2, 0.25) is 5.91 Å². The van der Waals surface area contributed by atoms with Gasteiger partial charge in [0.05, 0.1) is 26.4 Å². The number of hydrogen-bond donors (Lipinski definition) is 0. The lowest BCUT2D eigenvalue weighted by molar-refractivity contribution is -0.156. The number of likely N-dealkylation sites (tertiary alicyclic amines) is 1. The molecule has 0 saturated carbocycles. The summed E-state index contributed by atoms with van der Waals surface area (Å²) in [7, 11) is 2.95. The van der Waals surface area contributed by atoms with Crippen molar-refractivity contribution in [1.82, 2.24) is 4.90 Å². The summed E-state index contributed by atoms with van der Waals surface area (Å²) in [6.07, 6.45) is 0.936. The third kappa shape index (κ3) is 4.88. The minimum atomic E-state index is -0.926. The second-order valence-electron chi connectivity index (χ2n) is 6.32. The molecule has 1 amide bonds. The van der Waals surface area contributed by atoms with E-state index < -0.39 is 17.8 Å². The highest BCUT2D eigenvalue weighted by atomic mass is 16.5. The normalized spacial score (nSPS) is 15.8. The van der Waals surface area contributed by atoms with Crippen LogP contribution in [-0.2, 0) is 19.1 Å². The molecule has 0 N–H and O–H groups in total. The molecule has 1 unspecified atom stereocenters. The number of nitrogens with zero attached hydrogens (tertiary/aromatic N) is 1. The Morgan fingerprint density at radius 1 is 1.11 bits per heavy atom. The van der Waals surface area contributed by atoms with E-state index in [4.69, 9.17) is 14.2 Å². The predicted molar refractivity (Wildman–Crippen MR) is 99.5 cm³/mol. The Balaban J connectivity index is 2.02. The molecule has 152 valence electrons. The Hall–Kier alpha value is -2.90. The molecule has 0 aliphatic carbocycles. The van der Waals surface area contributed by atoms with Gasteiger partial charge < -0.3 is 19.1 Å². The van der Waals surface area contributed by atoms with Crippen molar-refractivity contribution >= 4 is 23.4 Å². The number of methoxy groups -OCH3 is 2. The molecule has 0 bridgehead atoms. The van der Waals surface area contributed by atoms with E-state index in [0.29, 0.717) is 36.4 Å². The molecule has 8 heteroatoms. The van der Waals surface area contributed by atoms with E-state index in [2.05, 4.69) is 0 Å². The summed E-state index contributed by atoms with van der Waals surface area (Å²) in [6.45, 7) is 2.09. The van der Waals surface area contributed by atoms with Gasteiger partial charge in [0.1, 0.15) is 17.5 Å². The average molecular weight is 391 g/mol. The van der Waals surface area contributed by atoms with Gasteiger partial charge in [0.15, 0.2) is 5.78 Å². The van der Waals surface area contributed by atoms with Gasteiger partial charge >= 0.3 is 5.97 Å². The summed E-state index contributed by atoms with van der Waals surface area (Å²) in [5, 5.41) is 0. The molecule has 2 rings (SSSR count). The Labute approximate surface area is 163 Å². The molecule has 1 aromatic carbocycles. The molecule has 0 aromatic heterocycles. The van der Waals surface area contributed by atoms with Crippen molar-refractivity contribution in [3.8, 4) is 11.5 Å². The molecule has 1 fully saturated rings. The lowest BCUT2D eigenvalue weighted by Gasteiger charge is -2.22. The summed E-state index contributed by atoms with van der Waals surface area (Å²) < 4.78 is 15.1. The maximum absolute atomic E-state index is 12.6. The SMILES string of the molecule is CCOC(=O)C(=O)C1CCCN1C(=O)CCC(=O)c1cc(OC)ccc1OC. The van der Waals surface area contributed by atoms with Crippen LogP contribution >= 0.6 is 0 Å². The lowest BCUT2D eigenvalue weighted by Crippen LogP contribution is -2.43. The third-order valence-corrected chi connectivity index (χ3v) is 4.63. The monoisotopic (exact) mass is 391 g/mol. The number of ketones is 2. The minimum absolute atomic E-state index is 0.0425. The molecule has 1 aliphatic rings. The van der Waals surface area contributed by atoms with E-state index in [9.17, 15) is 19.2 Å². The highest BCUT2D eigenvalue weighted by Gasteiger charge is 2.37. The van der Waals surface area contributed by atoms with Gasteiger partial charge in [0, 0.05) is 19.4 Å². The van der Waals surface area contributed by atoms with Crippen LogP contribution in [0.25, 0.3) is 0 Å². The molecule has 1 atom stereocenters. The maximum Gasteiger partial charge on any atom is 0.376 e. The van der Waals surface area contributed by atoms with Gasteiger partial charge in [-0.2, -0.15) is 0 Å². The number of ether oxygens (including phenoxy) is 3. The molecule has 1 aromatic rings. The molecule has 1 heterocycles. The number of esters is 1. The fourth-order valence-electron chi connectivity index (χ4n) is 3.21. The van der Waals surface area contributed by atoms with Crippen molar-refractivity contribution < 1.29 is 33.4 Å². The van der Waals surface area contributed by atoms with E-state index in [1.165, 1.54) is 19.1 Å². The number of rotatable bonds is 9. The van der Waals surface area contributed by atoms with Crippen LogP contribution in [0, 0.1) is 0 Å². The van der Waals surface area contributed by atoms with E-state index in [-0.39, 0.29) is 31.1 Å². The summed E-state index contributed by atoms with van der Waals surface area (Å²) in [5.41, 5.74) is 0.329. The number of carbonyl (C=O) groups excluding carboxylic acids is 4. The van der Waals surface area contributed by atoms with Crippen LogP contribution in [0.3, 0.4) is 0 Å². The summed E-state index contributed by atoms with van der Waals surface area (Å²) in [6, 6.07) is 4.06. The van der Waals surface area contributed by atoms with E-state index in [1.54, 1.807) is 25.1 Å². The van der Waals surface area contributed by atoms with Gasteiger partial charge in [-0.05, 0) is 38.0 Å². The summed E-state index contributed by atoms with van der Waals surface area (Å²) in [5.74, 6) is -1.34. The first kappa shape index (κ1) is 21.4. The number of benzene rings is 1. The second kappa shape index (κ2) is 9.87. The maximum atomic E-state index is 12.6. The Bertz CT molecular complexity index is 759. The lowest BCUT2D eigenvalue weighted by atomic mass is 10.0. The molecule has 1 saturated heterocycles. The summed E-state index contributed by atoms with van der Waals surface area (Å²) >= 11 is 0. The highest BCUT2D eigenvalue weighted by Crippen LogP contribution is 2.26. The molecule has 0 spiro atoms. The minimum Gasteiger partial charge on any atom is -0.497 e. The van der Waals surface area contributed by atoms with Crippen molar-refractivity contribution in [3.05, 3.63) is 23.8 Å². The van der Waals surface area contributed by atoms with Crippen molar-refractivity contribution in [1.29, 1.82) is 0 Å². The Kier molecular flexibility index (Phi) is 7.54.